The van der Waals surface area contributed by atoms with Crippen LogP contribution in [-0.4, -0.2) is 55.4 Å². The first-order valence-electron chi connectivity index (χ1n) is 10.8. The van der Waals surface area contributed by atoms with Crippen LogP contribution in [0.4, 0.5) is 0 Å². The minimum absolute atomic E-state index is 0.108. The molecule has 2 aromatic carbocycles. The van der Waals surface area contributed by atoms with Crippen molar-refractivity contribution in [3.63, 3.8) is 0 Å². The number of carbonyl (C=O) groups excluding carboxylic acids is 1. The molecule has 34 heavy (non-hydrogen) atoms. The highest BCUT2D eigenvalue weighted by molar-refractivity contribution is 5.97. The highest BCUT2D eigenvalue weighted by atomic mass is 16.5. The first-order chi connectivity index (χ1) is 16.5. The minimum atomic E-state index is -0.108. The van der Waals surface area contributed by atoms with E-state index in [2.05, 4.69) is 10.1 Å². The van der Waals surface area contributed by atoms with Gasteiger partial charge in [-0.15, -0.1) is 0 Å². The molecule has 1 aliphatic rings. The number of aromatic nitrogens is 2. The third-order valence-electron chi connectivity index (χ3n) is 5.58. The summed E-state index contributed by atoms with van der Waals surface area (Å²) in [6.45, 7) is 2.82. The van der Waals surface area contributed by atoms with Gasteiger partial charge in [0.25, 0.3) is 5.91 Å². The molecule has 9 heteroatoms. The second-order valence-electron chi connectivity index (χ2n) is 7.65. The van der Waals surface area contributed by atoms with Crippen LogP contribution in [-0.2, 0) is 6.61 Å². The topological polar surface area (TPSA) is 96.2 Å². The number of amides is 1. The summed E-state index contributed by atoms with van der Waals surface area (Å²) in [5.74, 6) is 3.23. The van der Waals surface area contributed by atoms with Gasteiger partial charge in [-0.1, -0.05) is 23.4 Å². The molecule has 0 unspecified atom stereocenters. The molecule has 0 radical (unpaired) electrons. The SMILES string of the molecule is COc1cc(OC)c(C2=CCN(C(=O)c3ccccc3OCc3noc(C)n3)CC2)c(OC)c1. The van der Waals surface area contributed by atoms with Gasteiger partial charge in [0.15, 0.2) is 6.61 Å². The van der Waals surface area contributed by atoms with E-state index in [9.17, 15) is 4.79 Å². The molecule has 0 spiro atoms. The van der Waals surface area contributed by atoms with Crippen molar-refractivity contribution in [1.29, 1.82) is 0 Å². The lowest BCUT2D eigenvalue weighted by Crippen LogP contribution is -2.35. The summed E-state index contributed by atoms with van der Waals surface area (Å²) in [7, 11) is 4.83. The number of nitrogens with zero attached hydrogens (tertiary/aromatic N) is 3. The van der Waals surface area contributed by atoms with Crippen LogP contribution in [0.15, 0.2) is 47.0 Å². The molecule has 3 aromatic rings. The van der Waals surface area contributed by atoms with Gasteiger partial charge in [0.05, 0.1) is 32.5 Å². The lowest BCUT2D eigenvalue weighted by atomic mass is 9.96. The van der Waals surface area contributed by atoms with Gasteiger partial charge in [0.1, 0.15) is 23.0 Å². The van der Waals surface area contributed by atoms with Crippen molar-refractivity contribution >= 4 is 11.5 Å². The Kier molecular flexibility index (Phi) is 7.01. The van der Waals surface area contributed by atoms with Crippen LogP contribution in [0.3, 0.4) is 0 Å². The molecule has 0 N–H and O–H groups in total. The number of rotatable bonds is 8. The molecule has 2 heterocycles. The standard InChI is InChI=1S/C25H27N3O6/c1-16-26-23(27-34-16)15-33-20-8-6-5-7-19(20)25(29)28-11-9-17(10-12-28)24-21(31-3)13-18(30-2)14-22(24)32-4/h5-9,13-14H,10-12,15H2,1-4H3. The molecule has 178 valence electrons. The maximum atomic E-state index is 13.3. The van der Waals surface area contributed by atoms with Crippen molar-refractivity contribution in [2.75, 3.05) is 34.4 Å². The monoisotopic (exact) mass is 465 g/mol. The van der Waals surface area contributed by atoms with Crippen LogP contribution in [0.25, 0.3) is 5.57 Å². The molecular weight excluding hydrogens is 438 g/mol. The third kappa shape index (κ3) is 4.83. The average molecular weight is 466 g/mol. The molecule has 0 fully saturated rings. The smallest absolute Gasteiger partial charge is 0.257 e. The highest BCUT2D eigenvalue weighted by Crippen LogP contribution is 2.41. The van der Waals surface area contributed by atoms with Crippen molar-refractivity contribution in [2.45, 2.75) is 20.0 Å². The van der Waals surface area contributed by atoms with Crippen molar-refractivity contribution in [2.24, 2.45) is 0 Å². The summed E-state index contributed by atoms with van der Waals surface area (Å²) in [4.78, 5) is 19.2. The summed E-state index contributed by atoms with van der Waals surface area (Å²) in [5.41, 5.74) is 2.41. The number of aryl methyl sites for hydroxylation is 1. The predicted octanol–water partition coefficient (Wildman–Crippen LogP) is 3.91. The number of hydrogen-bond donors (Lipinski definition) is 0. The van der Waals surface area contributed by atoms with Gasteiger partial charge in [-0.25, -0.2) is 0 Å². The molecule has 9 nitrogen and oxygen atoms in total. The normalized spacial score (nSPS) is 13.3. The Hall–Kier alpha value is -4.01. The number of ether oxygens (including phenoxy) is 4. The van der Waals surface area contributed by atoms with E-state index in [0.29, 0.717) is 59.8 Å². The largest absolute Gasteiger partial charge is 0.496 e. The fourth-order valence-corrected chi connectivity index (χ4v) is 3.88. The van der Waals surface area contributed by atoms with Gasteiger partial charge in [-0.3, -0.25) is 4.79 Å². The molecule has 1 aromatic heterocycles. The van der Waals surface area contributed by atoms with Crippen molar-refractivity contribution in [3.8, 4) is 23.0 Å². The molecule has 0 saturated heterocycles. The number of benzene rings is 2. The molecular formula is C25H27N3O6. The van der Waals surface area contributed by atoms with E-state index in [-0.39, 0.29) is 12.5 Å². The van der Waals surface area contributed by atoms with E-state index < -0.39 is 0 Å². The van der Waals surface area contributed by atoms with Gasteiger partial charge in [-0.05, 0) is 24.1 Å². The Balaban J connectivity index is 1.52. The minimum Gasteiger partial charge on any atom is -0.496 e. The Morgan fingerprint density at radius 1 is 1.06 bits per heavy atom. The maximum Gasteiger partial charge on any atom is 0.257 e. The van der Waals surface area contributed by atoms with E-state index in [1.165, 1.54) is 0 Å². The van der Waals surface area contributed by atoms with Gasteiger partial charge in [0.2, 0.25) is 11.7 Å². The van der Waals surface area contributed by atoms with Crippen LogP contribution >= 0.6 is 0 Å². The van der Waals surface area contributed by atoms with Crippen LogP contribution < -0.4 is 18.9 Å². The quantitative estimate of drug-likeness (QED) is 0.494. The first kappa shape index (κ1) is 23.2. The zero-order chi connectivity index (χ0) is 24.1. The molecule has 0 bridgehead atoms. The van der Waals surface area contributed by atoms with Crippen LogP contribution in [0.2, 0.25) is 0 Å². The second-order valence-corrected chi connectivity index (χ2v) is 7.65. The molecule has 0 saturated carbocycles. The zero-order valence-electron chi connectivity index (χ0n) is 19.7. The highest BCUT2D eigenvalue weighted by Gasteiger charge is 2.25. The third-order valence-corrected chi connectivity index (χ3v) is 5.58. The molecule has 0 atom stereocenters. The van der Waals surface area contributed by atoms with Crippen LogP contribution in [0, 0.1) is 6.92 Å². The van der Waals surface area contributed by atoms with E-state index in [1.807, 2.05) is 30.3 Å². The Labute approximate surface area is 197 Å². The zero-order valence-corrected chi connectivity index (χ0v) is 19.7. The van der Waals surface area contributed by atoms with Crippen LogP contribution in [0.5, 0.6) is 23.0 Å². The van der Waals surface area contributed by atoms with Crippen LogP contribution in [0.1, 0.15) is 34.1 Å². The summed E-state index contributed by atoms with van der Waals surface area (Å²) >= 11 is 0. The Morgan fingerprint density at radius 2 is 1.79 bits per heavy atom. The van der Waals surface area contributed by atoms with E-state index in [1.54, 1.807) is 45.3 Å². The molecule has 4 rings (SSSR count). The van der Waals surface area contributed by atoms with Crippen molar-refractivity contribution < 1.29 is 28.3 Å². The lowest BCUT2D eigenvalue weighted by molar-refractivity contribution is 0.0767. The number of carbonyl (C=O) groups is 1. The number of hydrogen-bond acceptors (Lipinski definition) is 8. The van der Waals surface area contributed by atoms with Gasteiger partial charge in [0, 0.05) is 32.1 Å². The summed E-state index contributed by atoms with van der Waals surface area (Å²) in [6.07, 6.45) is 2.68. The maximum absolute atomic E-state index is 13.3. The fraction of sp³-hybridized carbons (Fsp3) is 0.320. The fourth-order valence-electron chi connectivity index (χ4n) is 3.88. The average Bonchev–Trinajstić information content (AvgIpc) is 3.31. The van der Waals surface area contributed by atoms with E-state index in [4.69, 9.17) is 23.5 Å². The van der Waals surface area contributed by atoms with Gasteiger partial charge >= 0.3 is 0 Å². The Bertz CT molecular complexity index is 1180. The van der Waals surface area contributed by atoms with Gasteiger partial charge < -0.3 is 28.4 Å². The van der Waals surface area contributed by atoms with E-state index >= 15 is 0 Å². The Morgan fingerprint density at radius 3 is 2.38 bits per heavy atom. The second kappa shape index (κ2) is 10.3. The predicted molar refractivity (Wildman–Crippen MR) is 124 cm³/mol. The number of para-hydroxylation sites is 1. The lowest BCUT2D eigenvalue weighted by Gasteiger charge is -2.28. The summed E-state index contributed by atoms with van der Waals surface area (Å²) in [6, 6.07) is 10.8. The molecule has 1 aliphatic heterocycles. The van der Waals surface area contributed by atoms with E-state index in [0.717, 1.165) is 11.1 Å². The molecule has 1 amide bonds. The first-order valence-corrected chi connectivity index (χ1v) is 10.8. The molecule has 0 aliphatic carbocycles. The number of methoxy groups -OCH3 is 3. The van der Waals surface area contributed by atoms with Crippen molar-refractivity contribution in [3.05, 3.63) is 65.3 Å². The summed E-state index contributed by atoms with van der Waals surface area (Å²) < 4.78 is 27.3. The van der Waals surface area contributed by atoms with Gasteiger partial charge in [-0.2, -0.15) is 4.98 Å². The van der Waals surface area contributed by atoms with Crippen molar-refractivity contribution in [1.82, 2.24) is 15.0 Å². The summed E-state index contributed by atoms with van der Waals surface area (Å²) in [5, 5.41) is 3.83.